The first-order valence-corrected chi connectivity index (χ1v) is 8.25. The molecule has 0 unspecified atom stereocenters. The van der Waals surface area contributed by atoms with E-state index >= 15 is 0 Å². The van der Waals surface area contributed by atoms with Crippen LogP contribution in [0.1, 0.15) is 17.6 Å². The Morgan fingerprint density at radius 3 is 2.68 bits per heavy atom. The second-order valence-corrected chi connectivity index (χ2v) is 6.04. The Morgan fingerprint density at radius 1 is 1.08 bits per heavy atom. The first-order valence-electron chi connectivity index (χ1n) is 8.25. The zero-order chi connectivity index (χ0) is 17.1. The van der Waals surface area contributed by atoms with E-state index in [1.54, 1.807) is 12.1 Å². The third kappa shape index (κ3) is 3.75. The van der Waals surface area contributed by atoms with Crippen LogP contribution < -0.4 is 0 Å². The fourth-order valence-corrected chi connectivity index (χ4v) is 2.91. The van der Waals surface area contributed by atoms with Crippen molar-refractivity contribution in [2.45, 2.75) is 12.6 Å². The van der Waals surface area contributed by atoms with Crippen LogP contribution in [-0.4, -0.2) is 34.7 Å². The molecule has 1 aromatic heterocycles. The maximum absolute atomic E-state index is 13.0. The van der Waals surface area contributed by atoms with Gasteiger partial charge in [-0.2, -0.15) is 4.98 Å². The molecule has 25 heavy (non-hydrogen) atoms. The SMILES string of the molecule is Fc1ccc(CN2CCO[C@@H](c3nc(-c4ccccc4)no3)C2)cc1. The quantitative estimate of drug-likeness (QED) is 0.729. The topological polar surface area (TPSA) is 51.4 Å². The van der Waals surface area contributed by atoms with Crippen molar-refractivity contribution < 1.29 is 13.7 Å². The van der Waals surface area contributed by atoms with Gasteiger partial charge in [-0.3, -0.25) is 4.90 Å². The molecule has 1 fully saturated rings. The van der Waals surface area contributed by atoms with Crippen LogP contribution in [0.25, 0.3) is 11.4 Å². The second-order valence-electron chi connectivity index (χ2n) is 6.04. The fraction of sp³-hybridized carbons (Fsp3) is 0.263. The minimum absolute atomic E-state index is 0.220. The van der Waals surface area contributed by atoms with E-state index in [1.807, 2.05) is 30.3 Å². The van der Waals surface area contributed by atoms with Gasteiger partial charge in [0, 0.05) is 25.2 Å². The van der Waals surface area contributed by atoms with Crippen LogP contribution in [0, 0.1) is 5.82 Å². The van der Waals surface area contributed by atoms with Gasteiger partial charge in [0.1, 0.15) is 11.9 Å². The van der Waals surface area contributed by atoms with E-state index in [9.17, 15) is 4.39 Å². The molecule has 0 saturated carbocycles. The number of morpholine rings is 1. The monoisotopic (exact) mass is 339 g/mol. The third-order valence-corrected chi connectivity index (χ3v) is 4.22. The number of hydrogen-bond donors (Lipinski definition) is 0. The van der Waals surface area contributed by atoms with Crippen LogP contribution in [0.2, 0.25) is 0 Å². The lowest BCUT2D eigenvalue weighted by Gasteiger charge is -2.31. The van der Waals surface area contributed by atoms with E-state index in [1.165, 1.54) is 12.1 Å². The van der Waals surface area contributed by atoms with Gasteiger partial charge in [0.25, 0.3) is 5.89 Å². The molecular weight excluding hydrogens is 321 g/mol. The molecule has 6 heteroatoms. The second kappa shape index (κ2) is 7.13. The van der Waals surface area contributed by atoms with Crippen LogP contribution in [0.4, 0.5) is 4.39 Å². The average molecular weight is 339 g/mol. The molecule has 3 aromatic rings. The highest BCUT2D eigenvalue weighted by molar-refractivity contribution is 5.53. The number of rotatable bonds is 4. The van der Waals surface area contributed by atoms with Crippen LogP contribution in [0.5, 0.6) is 0 Å². The lowest BCUT2D eigenvalue weighted by molar-refractivity contribution is -0.0475. The summed E-state index contributed by atoms with van der Waals surface area (Å²) in [4.78, 5) is 6.72. The predicted octanol–water partition coefficient (Wildman–Crippen LogP) is 3.45. The number of nitrogens with zero attached hydrogens (tertiary/aromatic N) is 3. The zero-order valence-corrected chi connectivity index (χ0v) is 13.6. The minimum Gasteiger partial charge on any atom is -0.366 e. The molecule has 2 aromatic carbocycles. The summed E-state index contributed by atoms with van der Waals surface area (Å²) in [5.41, 5.74) is 1.98. The van der Waals surface area contributed by atoms with E-state index in [4.69, 9.17) is 9.26 Å². The van der Waals surface area contributed by atoms with Gasteiger partial charge in [0.2, 0.25) is 5.82 Å². The summed E-state index contributed by atoms with van der Waals surface area (Å²) >= 11 is 0. The van der Waals surface area contributed by atoms with Gasteiger partial charge in [-0.05, 0) is 17.7 Å². The number of hydrogen-bond acceptors (Lipinski definition) is 5. The first-order chi connectivity index (χ1) is 12.3. The molecular formula is C19H18FN3O2. The van der Waals surface area contributed by atoms with Crippen LogP contribution in [0.3, 0.4) is 0 Å². The Morgan fingerprint density at radius 2 is 1.88 bits per heavy atom. The molecule has 0 radical (unpaired) electrons. The Labute approximate surface area is 145 Å². The molecule has 0 aliphatic carbocycles. The summed E-state index contributed by atoms with van der Waals surface area (Å²) in [5, 5.41) is 4.05. The maximum Gasteiger partial charge on any atom is 0.257 e. The number of ether oxygens (including phenoxy) is 1. The summed E-state index contributed by atoms with van der Waals surface area (Å²) in [6.07, 6.45) is -0.251. The Bertz CT molecular complexity index is 820. The lowest BCUT2D eigenvalue weighted by atomic mass is 10.2. The van der Waals surface area contributed by atoms with E-state index in [2.05, 4.69) is 15.0 Å². The fourth-order valence-electron chi connectivity index (χ4n) is 2.91. The van der Waals surface area contributed by atoms with E-state index < -0.39 is 0 Å². The maximum atomic E-state index is 13.0. The van der Waals surface area contributed by atoms with E-state index in [-0.39, 0.29) is 11.9 Å². The summed E-state index contributed by atoms with van der Waals surface area (Å²) in [7, 11) is 0. The van der Waals surface area contributed by atoms with Crippen molar-refractivity contribution >= 4 is 0 Å². The number of halogens is 1. The van der Waals surface area contributed by atoms with Crippen molar-refractivity contribution in [2.75, 3.05) is 19.7 Å². The van der Waals surface area contributed by atoms with Crippen LogP contribution >= 0.6 is 0 Å². The van der Waals surface area contributed by atoms with Crippen molar-refractivity contribution in [3.8, 4) is 11.4 Å². The molecule has 1 atom stereocenters. The van der Waals surface area contributed by atoms with Gasteiger partial charge in [0.05, 0.1) is 6.61 Å². The molecule has 5 nitrogen and oxygen atoms in total. The molecule has 0 spiro atoms. The molecule has 1 saturated heterocycles. The Balaban J connectivity index is 1.44. The third-order valence-electron chi connectivity index (χ3n) is 4.22. The lowest BCUT2D eigenvalue weighted by Crippen LogP contribution is -2.37. The molecule has 4 rings (SSSR count). The molecule has 0 bridgehead atoms. The minimum atomic E-state index is -0.251. The Hall–Kier alpha value is -2.57. The van der Waals surface area contributed by atoms with Gasteiger partial charge >= 0.3 is 0 Å². The molecule has 1 aliphatic heterocycles. The number of aromatic nitrogens is 2. The molecule has 2 heterocycles. The van der Waals surface area contributed by atoms with Crippen molar-refractivity contribution in [3.05, 3.63) is 71.9 Å². The van der Waals surface area contributed by atoms with Gasteiger partial charge in [-0.25, -0.2) is 4.39 Å². The standard InChI is InChI=1S/C19H18FN3O2/c20-16-8-6-14(7-9-16)12-23-10-11-24-17(13-23)19-21-18(22-25-19)15-4-2-1-3-5-15/h1-9,17H,10-13H2/t17-/m1/s1. The average Bonchev–Trinajstić information content (AvgIpc) is 3.15. The smallest absolute Gasteiger partial charge is 0.257 e. The summed E-state index contributed by atoms with van der Waals surface area (Å²) in [6.45, 7) is 2.80. The first kappa shape index (κ1) is 15.9. The summed E-state index contributed by atoms with van der Waals surface area (Å²) in [6, 6.07) is 16.3. The van der Waals surface area contributed by atoms with Crippen molar-refractivity contribution in [2.24, 2.45) is 0 Å². The molecule has 0 amide bonds. The van der Waals surface area contributed by atoms with E-state index in [0.717, 1.165) is 24.2 Å². The highest BCUT2D eigenvalue weighted by Gasteiger charge is 2.27. The van der Waals surface area contributed by atoms with Crippen LogP contribution in [-0.2, 0) is 11.3 Å². The van der Waals surface area contributed by atoms with Gasteiger partial charge < -0.3 is 9.26 Å². The highest BCUT2D eigenvalue weighted by Crippen LogP contribution is 2.24. The number of benzene rings is 2. The van der Waals surface area contributed by atoms with E-state index in [0.29, 0.717) is 24.9 Å². The highest BCUT2D eigenvalue weighted by atomic mass is 19.1. The Kier molecular flexibility index (Phi) is 4.54. The molecule has 0 N–H and O–H groups in total. The van der Waals surface area contributed by atoms with Crippen LogP contribution in [0.15, 0.2) is 59.1 Å². The van der Waals surface area contributed by atoms with Crippen molar-refractivity contribution in [1.29, 1.82) is 0 Å². The molecule has 128 valence electrons. The summed E-state index contributed by atoms with van der Waals surface area (Å²) in [5.74, 6) is 0.834. The summed E-state index contributed by atoms with van der Waals surface area (Å²) < 4.78 is 24.2. The molecule has 1 aliphatic rings. The predicted molar refractivity (Wildman–Crippen MR) is 90.1 cm³/mol. The van der Waals surface area contributed by atoms with Crippen molar-refractivity contribution in [1.82, 2.24) is 15.0 Å². The van der Waals surface area contributed by atoms with Crippen molar-refractivity contribution in [3.63, 3.8) is 0 Å². The zero-order valence-electron chi connectivity index (χ0n) is 13.6. The van der Waals surface area contributed by atoms with Gasteiger partial charge in [-0.15, -0.1) is 0 Å². The largest absolute Gasteiger partial charge is 0.366 e. The normalized spacial score (nSPS) is 18.4. The van der Waals surface area contributed by atoms with Gasteiger partial charge in [0.15, 0.2) is 0 Å². The van der Waals surface area contributed by atoms with Gasteiger partial charge in [-0.1, -0.05) is 47.6 Å².